The molecule has 0 fully saturated rings. The molecule has 6 heteroatoms. The van der Waals surface area contributed by atoms with Crippen LogP contribution in [0.1, 0.15) is 63.9 Å². The molecule has 0 aliphatic heterocycles. The highest BCUT2D eigenvalue weighted by atomic mass is 79.9. The molecular weight excluding hydrogens is 496 g/mol. The summed E-state index contributed by atoms with van der Waals surface area (Å²) in [5.41, 5.74) is 4.25. The fraction of sp³-hybridized carbons (Fsp3) is 0.333. The quantitative estimate of drug-likeness (QED) is 0.371. The molecule has 172 valence electrons. The zero-order chi connectivity index (χ0) is 23.8. The monoisotopic (exact) mass is 524 g/mol. The molecule has 2 N–H and O–H groups in total. The predicted octanol–water partition coefficient (Wildman–Crippen LogP) is 7.47. The maximum absolute atomic E-state index is 13.5. The highest BCUT2D eigenvalue weighted by molar-refractivity contribution is 9.10. The topological polar surface area (TPSA) is 58.2 Å². The van der Waals surface area contributed by atoms with Crippen molar-refractivity contribution in [3.05, 3.63) is 80.1 Å². The van der Waals surface area contributed by atoms with Crippen LogP contribution in [0.5, 0.6) is 0 Å². The Morgan fingerprint density at radius 3 is 2.48 bits per heavy atom. The van der Waals surface area contributed by atoms with Gasteiger partial charge in [-0.3, -0.25) is 9.59 Å². The van der Waals surface area contributed by atoms with E-state index >= 15 is 0 Å². The molecule has 1 atom stereocenters. The number of anilines is 2. The third-order valence-electron chi connectivity index (χ3n) is 6.34. The number of hydrogen-bond acceptors (Lipinski definition) is 3. The van der Waals surface area contributed by atoms with Gasteiger partial charge in [0.1, 0.15) is 5.00 Å². The second-order valence-corrected chi connectivity index (χ2v) is 11.7. The van der Waals surface area contributed by atoms with Crippen LogP contribution in [0.15, 0.2) is 53.0 Å². The molecule has 1 aliphatic rings. The summed E-state index contributed by atoms with van der Waals surface area (Å²) in [6, 6.07) is 15.1. The Hall–Kier alpha value is -2.44. The van der Waals surface area contributed by atoms with Gasteiger partial charge in [0.15, 0.2) is 0 Å². The fourth-order valence-corrected chi connectivity index (χ4v) is 6.17. The molecule has 2 aromatic carbocycles. The van der Waals surface area contributed by atoms with Gasteiger partial charge in [0.25, 0.3) is 11.8 Å². The van der Waals surface area contributed by atoms with Crippen molar-refractivity contribution in [2.75, 3.05) is 10.6 Å². The molecule has 1 aliphatic carbocycles. The summed E-state index contributed by atoms with van der Waals surface area (Å²) in [7, 11) is 0. The van der Waals surface area contributed by atoms with Crippen LogP contribution in [-0.4, -0.2) is 11.8 Å². The minimum Gasteiger partial charge on any atom is -0.322 e. The van der Waals surface area contributed by atoms with Crippen molar-refractivity contribution in [2.24, 2.45) is 11.3 Å². The third kappa shape index (κ3) is 5.22. The predicted molar refractivity (Wildman–Crippen MR) is 141 cm³/mol. The van der Waals surface area contributed by atoms with E-state index in [0.717, 1.165) is 40.5 Å². The van der Waals surface area contributed by atoms with E-state index in [1.807, 2.05) is 49.4 Å². The van der Waals surface area contributed by atoms with Gasteiger partial charge in [-0.25, -0.2) is 0 Å². The van der Waals surface area contributed by atoms with E-state index in [2.05, 4.69) is 47.3 Å². The Morgan fingerprint density at radius 2 is 1.79 bits per heavy atom. The molecule has 3 aromatic rings. The van der Waals surface area contributed by atoms with E-state index in [0.29, 0.717) is 22.0 Å². The number of rotatable bonds is 4. The number of carbonyl (C=O) groups excluding carboxylic acids is 2. The first kappa shape index (κ1) is 23.7. The van der Waals surface area contributed by atoms with Gasteiger partial charge in [0.05, 0.1) is 11.1 Å². The first-order chi connectivity index (χ1) is 15.6. The largest absolute Gasteiger partial charge is 0.322 e. The summed E-state index contributed by atoms with van der Waals surface area (Å²) in [5.74, 6) is 0.149. The minimum absolute atomic E-state index is 0.172. The number of halogens is 1. The van der Waals surface area contributed by atoms with Gasteiger partial charge >= 0.3 is 0 Å². The summed E-state index contributed by atoms with van der Waals surface area (Å²) in [4.78, 5) is 27.8. The lowest BCUT2D eigenvalue weighted by molar-refractivity contribution is 0.102. The number of aryl methyl sites for hydroxylation is 1. The van der Waals surface area contributed by atoms with Crippen molar-refractivity contribution < 1.29 is 9.59 Å². The van der Waals surface area contributed by atoms with Crippen LogP contribution in [0, 0.1) is 18.3 Å². The molecule has 1 heterocycles. The van der Waals surface area contributed by atoms with Crippen LogP contribution < -0.4 is 10.6 Å². The van der Waals surface area contributed by atoms with E-state index in [1.165, 1.54) is 4.88 Å². The van der Waals surface area contributed by atoms with Crippen LogP contribution in [0.3, 0.4) is 0 Å². The second kappa shape index (κ2) is 9.43. The van der Waals surface area contributed by atoms with Gasteiger partial charge in [0, 0.05) is 15.0 Å². The average molecular weight is 526 g/mol. The van der Waals surface area contributed by atoms with E-state index in [4.69, 9.17) is 0 Å². The first-order valence-corrected chi connectivity index (χ1v) is 12.8. The van der Waals surface area contributed by atoms with Crippen LogP contribution in [0.4, 0.5) is 10.7 Å². The number of carbonyl (C=O) groups is 2. The van der Waals surface area contributed by atoms with E-state index in [-0.39, 0.29) is 17.2 Å². The molecule has 33 heavy (non-hydrogen) atoms. The number of hydrogen-bond donors (Lipinski definition) is 2. The van der Waals surface area contributed by atoms with Gasteiger partial charge in [0.2, 0.25) is 0 Å². The zero-order valence-corrected chi connectivity index (χ0v) is 21.8. The van der Waals surface area contributed by atoms with Crippen molar-refractivity contribution >= 4 is 49.8 Å². The Balaban J connectivity index is 1.70. The average Bonchev–Trinajstić information content (AvgIpc) is 3.10. The van der Waals surface area contributed by atoms with Gasteiger partial charge < -0.3 is 10.6 Å². The van der Waals surface area contributed by atoms with Gasteiger partial charge in [-0.1, -0.05) is 45.0 Å². The van der Waals surface area contributed by atoms with Gasteiger partial charge in [-0.05, 0) is 88.8 Å². The summed E-state index contributed by atoms with van der Waals surface area (Å²) in [6.45, 7) is 8.82. The molecule has 2 amide bonds. The summed E-state index contributed by atoms with van der Waals surface area (Å²) < 4.78 is 0.724. The van der Waals surface area contributed by atoms with Crippen LogP contribution in [-0.2, 0) is 12.8 Å². The Morgan fingerprint density at radius 1 is 1.03 bits per heavy atom. The first-order valence-electron chi connectivity index (χ1n) is 11.2. The Kier molecular flexibility index (Phi) is 6.78. The van der Waals surface area contributed by atoms with Crippen LogP contribution in [0.25, 0.3) is 0 Å². The molecule has 0 spiro atoms. The normalized spacial score (nSPS) is 15.6. The summed E-state index contributed by atoms with van der Waals surface area (Å²) in [5, 5.41) is 6.72. The number of fused-ring (bicyclic) bond motifs is 1. The molecule has 0 saturated carbocycles. The fourth-order valence-electron chi connectivity index (χ4n) is 4.39. The summed E-state index contributed by atoms with van der Waals surface area (Å²) in [6.07, 6.45) is 2.81. The van der Waals surface area contributed by atoms with Gasteiger partial charge in [-0.2, -0.15) is 0 Å². The number of thiophene rings is 1. The van der Waals surface area contributed by atoms with Gasteiger partial charge in [-0.15, -0.1) is 11.3 Å². The van der Waals surface area contributed by atoms with Crippen molar-refractivity contribution in [3.8, 4) is 0 Å². The number of benzene rings is 2. The van der Waals surface area contributed by atoms with E-state index in [1.54, 1.807) is 17.4 Å². The van der Waals surface area contributed by atoms with E-state index < -0.39 is 0 Å². The van der Waals surface area contributed by atoms with Crippen molar-refractivity contribution in [2.45, 2.75) is 47.0 Å². The smallest absolute Gasteiger partial charge is 0.258 e. The number of amides is 2. The summed E-state index contributed by atoms with van der Waals surface area (Å²) >= 11 is 5.00. The SMILES string of the molecule is Cc1cccc(NC(=O)c2c(NC(=O)c3ccccc3Br)sc3c2CCC(C(C)(C)C)C3)c1. The highest BCUT2D eigenvalue weighted by Crippen LogP contribution is 2.44. The zero-order valence-electron chi connectivity index (χ0n) is 19.4. The number of nitrogens with one attached hydrogen (secondary N) is 2. The molecule has 4 nitrogen and oxygen atoms in total. The van der Waals surface area contributed by atoms with Crippen LogP contribution in [0.2, 0.25) is 0 Å². The maximum atomic E-state index is 13.5. The minimum atomic E-state index is -0.224. The lowest BCUT2D eigenvalue weighted by atomic mass is 9.72. The maximum Gasteiger partial charge on any atom is 0.258 e. The van der Waals surface area contributed by atoms with E-state index in [9.17, 15) is 9.59 Å². The molecule has 0 radical (unpaired) electrons. The molecule has 1 unspecified atom stereocenters. The third-order valence-corrected chi connectivity index (χ3v) is 8.20. The second-order valence-electron chi connectivity index (χ2n) is 9.77. The van der Waals surface area contributed by atoms with Crippen LogP contribution >= 0.6 is 27.3 Å². The molecule has 1 aromatic heterocycles. The molecular formula is C27H29BrN2O2S. The molecule has 0 bridgehead atoms. The lowest BCUT2D eigenvalue weighted by Crippen LogP contribution is -2.27. The lowest BCUT2D eigenvalue weighted by Gasteiger charge is -2.33. The highest BCUT2D eigenvalue weighted by Gasteiger charge is 2.34. The molecule has 4 rings (SSSR count). The standard InChI is InChI=1S/C27H29BrN2O2S/c1-16-8-7-9-18(14-16)29-25(32)23-20-13-12-17(27(2,3)4)15-22(20)33-26(23)30-24(31)19-10-5-6-11-21(19)28/h5-11,14,17H,12-13,15H2,1-4H3,(H,29,32)(H,30,31). The van der Waals surface area contributed by atoms with Crippen molar-refractivity contribution in [1.29, 1.82) is 0 Å². The Bertz CT molecular complexity index is 1210. The van der Waals surface area contributed by atoms with Crippen molar-refractivity contribution in [1.82, 2.24) is 0 Å². The molecule has 0 saturated heterocycles. The van der Waals surface area contributed by atoms with Crippen molar-refractivity contribution in [3.63, 3.8) is 0 Å². The Labute approximate surface area is 207 Å².